The number of pyridine rings is 1. The number of hydrogen-bond donors (Lipinski definition) is 0. The lowest BCUT2D eigenvalue weighted by Crippen LogP contribution is -2.29. The molecular weight excluding hydrogens is 457 g/mol. The van der Waals surface area contributed by atoms with E-state index < -0.39 is 29.9 Å². The lowest BCUT2D eigenvalue weighted by Gasteiger charge is -2.29. The third-order valence-corrected chi connectivity index (χ3v) is 6.15. The molecule has 35 heavy (non-hydrogen) atoms. The number of benzene rings is 2. The summed E-state index contributed by atoms with van der Waals surface area (Å²) in [7, 11) is 0. The van der Waals surface area contributed by atoms with Gasteiger partial charge in [0.05, 0.1) is 24.5 Å². The highest BCUT2D eigenvalue weighted by Crippen LogP contribution is 2.41. The quantitative estimate of drug-likeness (QED) is 0.317. The van der Waals surface area contributed by atoms with Crippen LogP contribution in [0.15, 0.2) is 66.9 Å². The number of carbonyl (C=O) groups is 2. The van der Waals surface area contributed by atoms with Gasteiger partial charge in [-0.2, -0.15) is 0 Å². The summed E-state index contributed by atoms with van der Waals surface area (Å²) in [4.78, 5) is 32.9. The van der Waals surface area contributed by atoms with E-state index in [4.69, 9.17) is 0 Å². The third-order valence-electron chi connectivity index (χ3n) is 6.15. The molecule has 0 spiro atoms. The van der Waals surface area contributed by atoms with E-state index in [-0.39, 0.29) is 17.9 Å². The zero-order valence-electron chi connectivity index (χ0n) is 19.5. The third kappa shape index (κ3) is 5.37. The SMILES string of the molecule is Cc1ccc(N2CC(=O)C(C(=O)c3ccc(OC(F)(F)F)cc3)C2c2ccc(C(C)C)cc2)cn1. The van der Waals surface area contributed by atoms with Gasteiger partial charge in [-0.05, 0) is 60.4 Å². The van der Waals surface area contributed by atoms with Crippen LogP contribution in [0.25, 0.3) is 0 Å². The van der Waals surface area contributed by atoms with Crippen LogP contribution >= 0.6 is 0 Å². The molecule has 4 rings (SSSR count). The molecule has 3 aromatic rings. The normalized spacial score (nSPS) is 18.3. The van der Waals surface area contributed by atoms with Gasteiger partial charge in [-0.15, -0.1) is 13.2 Å². The molecule has 1 saturated heterocycles. The van der Waals surface area contributed by atoms with E-state index >= 15 is 0 Å². The Hall–Kier alpha value is -3.68. The van der Waals surface area contributed by atoms with Crippen molar-refractivity contribution in [3.63, 3.8) is 0 Å². The molecule has 0 bridgehead atoms. The van der Waals surface area contributed by atoms with Gasteiger partial charge >= 0.3 is 6.36 Å². The van der Waals surface area contributed by atoms with E-state index in [1.165, 1.54) is 12.1 Å². The summed E-state index contributed by atoms with van der Waals surface area (Å²) >= 11 is 0. The first-order valence-corrected chi connectivity index (χ1v) is 11.3. The molecule has 2 heterocycles. The highest BCUT2D eigenvalue weighted by Gasteiger charge is 2.46. The number of ether oxygens (including phenoxy) is 1. The first-order chi connectivity index (χ1) is 16.5. The van der Waals surface area contributed by atoms with E-state index in [9.17, 15) is 22.8 Å². The highest BCUT2D eigenvalue weighted by molar-refractivity contribution is 6.14. The van der Waals surface area contributed by atoms with Crippen LogP contribution in [0.2, 0.25) is 0 Å². The molecular formula is C27H25F3N2O3. The Kier molecular flexibility index (Phi) is 6.65. The molecule has 0 N–H and O–H groups in total. The van der Waals surface area contributed by atoms with Crippen molar-refractivity contribution >= 4 is 17.3 Å². The van der Waals surface area contributed by atoms with Crippen LogP contribution in [0.5, 0.6) is 5.75 Å². The molecule has 2 unspecified atom stereocenters. The van der Waals surface area contributed by atoms with Crippen LogP contribution < -0.4 is 9.64 Å². The van der Waals surface area contributed by atoms with Gasteiger partial charge in [0.15, 0.2) is 11.6 Å². The zero-order chi connectivity index (χ0) is 25.3. The predicted molar refractivity (Wildman–Crippen MR) is 126 cm³/mol. The van der Waals surface area contributed by atoms with Crippen molar-refractivity contribution in [2.45, 2.75) is 39.1 Å². The maximum atomic E-state index is 13.5. The molecule has 0 saturated carbocycles. The lowest BCUT2D eigenvalue weighted by molar-refractivity contribution is -0.274. The molecule has 2 aromatic carbocycles. The average Bonchev–Trinajstić information content (AvgIpc) is 3.15. The number of nitrogens with zero attached hydrogens (tertiary/aromatic N) is 2. The van der Waals surface area contributed by atoms with E-state index in [1.54, 1.807) is 6.20 Å². The number of Topliss-reactive ketones (excluding diaryl/α,β-unsaturated/α-hetero) is 2. The number of alkyl halides is 3. The zero-order valence-corrected chi connectivity index (χ0v) is 19.5. The van der Waals surface area contributed by atoms with Crippen molar-refractivity contribution in [2.75, 3.05) is 11.4 Å². The number of aryl methyl sites for hydroxylation is 1. The topological polar surface area (TPSA) is 59.5 Å². The molecule has 5 nitrogen and oxygen atoms in total. The number of halogens is 3. The van der Waals surface area contributed by atoms with Crippen molar-refractivity contribution < 1.29 is 27.5 Å². The summed E-state index contributed by atoms with van der Waals surface area (Å²) in [6.45, 7) is 6.04. The number of rotatable bonds is 6. The number of anilines is 1. The van der Waals surface area contributed by atoms with Gasteiger partial charge in [0.1, 0.15) is 11.7 Å². The average molecular weight is 483 g/mol. The molecule has 8 heteroatoms. The van der Waals surface area contributed by atoms with Gasteiger partial charge in [0, 0.05) is 11.3 Å². The van der Waals surface area contributed by atoms with Crippen LogP contribution in [0.4, 0.5) is 18.9 Å². The minimum atomic E-state index is -4.83. The molecule has 182 valence electrons. The Balaban J connectivity index is 1.71. The number of aromatic nitrogens is 1. The van der Waals surface area contributed by atoms with E-state index in [0.717, 1.165) is 29.0 Å². The maximum absolute atomic E-state index is 13.5. The van der Waals surface area contributed by atoms with Gasteiger partial charge in [-0.25, -0.2) is 0 Å². The first kappa shape index (κ1) is 24.4. The second kappa shape index (κ2) is 9.52. The summed E-state index contributed by atoms with van der Waals surface area (Å²) in [6.07, 6.45) is -3.16. The van der Waals surface area contributed by atoms with Crippen molar-refractivity contribution in [2.24, 2.45) is 5.92 Å². The van der Waals surface area contributed by atoms with Crippen molar-refractivity contribution in [3.8, 4) is 5.75 Å². The van der Waals surface area contributed by atoms with Crippen LogP contribution in [0.3, 0.4) is 0 Å². The number of ketones is 2. The predicted octanol–water partition coefficient (Wildman–Crippen LogP) is 6.04. The number of hydrogen-bond acceptors (Lipinski definition) is 5. The van der Waals surface area contributed by atoms with Crippen molar-refractivity contribution in [1.82, 2.24) is 4.98 Å². The van der Waals surface area contributed by atoms with Crippen LogP contribution in [-0.4, -0.2) is 29.5 Å². The Morgan fingerprint density at radius 1 is 1.03 bits per heavy atom. The summed E-state index contributed by atoms with van der Waals surface area (Å²) in [5.41, 5.74) is 3.61. The smallest absolute Gasteiger partial charge is 0.406 e. The largest absolute Gasteiger partial charge is 0.573 e. The monoisotopic (exact) mass is 482 g/mol. The Morgan fingerprint density at radius 2 is 1.69 bits per heavy atom. The van der Waals surface area contributed by atoms with Crippen LogP contribution in [-0.2, 0) is 4.79 Å². The highest BCUT2D eigenvalue weighted by atomic mass is 19.4. The molecule has 1 aliphatic rings. The molecule has 1 aliphatic heterocycles. The maximum Gasteiger partial charge on any atom is 0.573 e. The fourth-order valence-corrected chi connectivity index (χ4v) is 4.34. The standard InChI is InChI=1S/C27H25F3N2O3/c1-16(2)18-5-7-19(8-6-18)25-24(23(33)15-32(25)21-11-4-17(3)31-14-21)26(34)20-9-12-22(13-10-20)35-27(28,29)30/h4-14,16,24-25H,15H2,1-3H3. The lowest BCUT2D eigenvalue weighted by atomic mass is 9.85. The molecule has 1 fully saturated rings. The van der Waals surface area contributed by atoms with E-state index in [2.05, 4.69) is 23.6 Å². The van der Waals surface area contributed by atoms with Crippen molar-refractivity contribution in [1.29, 1.82) is 0 Å². The Bertz CT molecular complexity index is 1200. The second-order valence-electron chi connectivity index (χ2n) is 8.93. The Morgan fingerprint density at radius 3 is 2.23 bits per heavy atom. The van der Waals surface area contributed by atoms with Crippen LogP contribution in [0, 0.1) is 12.8 Å². The molecule has 1 aromatic heterocycles. The minimum Gasteiger partial charge on any atom is -0.406 e. The van der Waals surface area contributed by atoms with E-state index in [0.29, 0.717) is 11.6 Å². The Labute approximate surface area is 201 Å². The molecule has 0 radical (unpaired) electrons. The van der Waals surface area contributed by atoms with Gasteiger partial charge in [-0.1, -0.05) is 38.1 Å². The fraction of sp³-hybridized carbons (Fsp3) is 0.296. The molecule has 0 amide bonds. The van der Waals surface area contributed by atoms with Crippen LogP contribution in [0.1, 0.15) is 53.0 Å². The molecule has 0 aliphatic carbocycles. The minimum absolute atomic E-state index is 0.0208. The van der Waals surface area contributed by atoms with Crippen molar-refractivity contribution in [3.05, 3.63) is 89.2 Å². The summed E-state index contributed by atoms with van der Waals surface area (Å²) in [5, 5.41) is 0. The fourth-order valence-electron chi connectivity index (χ4n) is 4.34. The van der Waals surface area contributed by atoms with E-state index in [1.807, 2.05) is 48.2 Å². The second-order valence-corrected chi connectivity index (χ2v) is 8.93. The number of carbonyl (C=O) groups excluding carboxylic acids is 2. The van der Waals surface area contributed by atoms with Gasteiger partial charge in [0.25, 0.3) is 0 Å². The first-order valence-electron chi connectivity index (χ1n) is 11.3. The van der Waals surface area contributed by atoms with Gasteiger partial charge in [-0.3, -0.25) is 14.6 Å². The summed E-state index contributed by atoms with van der Waals surface area (Å²) < 4.78 is 41.4. The van der Waals surface area contributed by atoms with Gasteiger partial charge < -0.3 is 9.64 Å². The summed E-state index contributed by atoms with van der Waals surface area (Å²) in [5.74, 6) is -1.84. The summed E-state index contributed by atoms with van der Waals surface area (Å²) in [6, 6.07) is 15.6. The van der Waals surface area contributed by atoms with Gasteiger partial charge in [0.2, 0.25) is 0 Å². The molecule has 2 atom stereocenters.